The third-order valence-electron chi connectivity index (χ3n) is 4.98. The van der Waals surface area contributed by atoms with E-state index in [1.165, 1.54) is 12.1 Å². The first-order valence-corrected chi connectivity index (χ1v) is 10.3. The Kier molecular flexibility index (Phi) is 8.20. The number of aliphatic imine (C=N–C) groups is 1. The molecule has 6 nitrogen and oxygen atoms in total. The molecule has 1 atom stereocenters. The van der Waals surface area contributed by atoms with Crippen molar-refractivity contribution in [3.05, 3.63) is 71.0 Å². The average Bonchev–Trinajstić information content (AvgIpc) is 3.28. The molecule has 160 valence electrons. The van der Waals surface area contributed by atoms with Crippen LogP contribution in [-0.4, -0.2) is 44.7 Å². The van der Waals surface area contributed by atoms with Crippen LogP contribution in [-0.2, 0) is 17.7 Å². The fourth-order valence-electron chi connectivity index (χ4n) is 3.36. The van der Waals surface area contributed by atoms with Gasteiger partial charge < -0.3 is 20.7 Å². The van der Waals surface area contributed by atoms with Crippen molar-refractivity contribution >= 4 is 11.9 Å². The van der Waals surface area contributed by atoms with Gasteiger partial charge in [0.2, 0.25) is 0 Å². The Balaban J connectivity index is 1.44. The van der Waals surface area contributed by atoms with Crippen LogP contribution in [0.3, 0.4) is 0 Å². The van der Waals surface area contributed by atoms with E-state index in [0.29, 0.717) is 37.6 Å². The number of amides is 1. The van der Waals surface area contributed by atoms with Gasteiger partial charge in [0.1, 0.15) is 5.82 Å². The minimum absolute atomic E-state index is 0.0926. The first-order valence-electron chi connectivity index (χ1n) is 10.3. The summed E-state index contributed by atoms with van der Waals surface area (Å²) in [5, 5.41) is 9.40. The van der Waals surface area contributed by atoms with Gasteiger partial charge in [-0.3, -0.25) is 9.79 Å². The first kappa shape index (κ1) is 21.8. The van der Waals surface area contributed by atoms with E-state index in [4.69, 9.17) is 4.74 Å². The fraction of sp³-hybridized carbons (Fsp3) is 0.391. The van der Waals surface area contributed by atoms with Gasteiger partial charge in [0, 0.05) is 38.9 Å². The van der Waals surface area contributed by atoms with Crippen LogP contribution in [0.5, 0.6) is 0 Å². The Morgan fingerprint density at radius 2 is 1.97 bits per heavy atom. The Morgan fingerprint density at radius 1 is 1.13 bits per heavy atom. The first-order chi connectivity index (χ1) is 14.6. The van der Waals surface area contributed by atoms with Crippen LogP contribution >= 0.6 is 0 Å². The number of hydrogen-bond donors (Lipinski definition) is 3. The van der Waals surface area contributed by atoms with E-state index in [9.17, 15) is 9.18 Å². The van der Waals surface area contributed by atoms with Gasteiger partial charge in [0.05, 0.1) is 6.10 Å². The molecule has 1 saturated heterocycles. The molecule has 7 heteroatoms. The molecule has 1 amide bonds. The molecule has 3 N–H and O–H groups in total. The molecule has 1 aliphatic rings. The van der Waals surface area contributed by atoms with E-state index in [2.05, 4.69) is 20.9 Å². The molecular formula is C23H29FN4O2. The van der Waals surface area contributed by atoms with Gasteiger partial charge in [0.25, 0.3) is 5.91 Å². The van der Waals surface area contributed by atoms with E-state index in [-0.39, 0.29) is 17.8 Å². The van der Waals surface area contributed by atoms with E-state index >= 15 is 0 Å². The summed E-state index contributed by atoms with van der Waals surface area (Å²) in [6.45, 7) is 2.49. The second kappa shape index (κ2) is 11.3. The topological polar surface area (TPSA) is 74.8 Å². The van der Waals surface area contributed by atoms with E-state index < -0.39 is 0 Å². The van der Waals surface area contributed by atoms with Crippen molar-refractivity contribution in [2.45, 2.75) is 31.9 Å². The lowest BCUT2D eigenvalue weighted by Crippen LogP contribution is -2.38. The number of guanidine groups is 1. The molecule has 1 fully saturated rings. The molecule has 2 aromatic rings. The standard InChI is InChI=1S/C23H29FN4O2/c1-25-23(26-11-10-17-5-3-8-20(24)14-17)28-15-18-6-2-7-19(13-18)22(29)27-16-21-9-4-12-30-21/h2-3,5-8,13-14,21H,4,9-12,15-16H2,1H3,(H,27,29)(H2,25,26,28). The summed E-state index contributed by atoms with van der Waals surface area (Å²) in [7, 11) is 1.70. The van der Waals surface area contributed by atoms with Crippen molar-refractivity contribution < 1.29 is 13.9 Å². The summed E-state index contributed by atoms with van der Waals surface area (Å²) in [6.07, 6.45) is 2.87. The van der Waals surface area contributed by atoms with E-state index in [1.807, 2.05) is 24.3 Å². The van der Waals surface area contributed by atoms with Crippen LogP contribution in [0.15, 0.2) is 53.5 Å². The Bertz CT molecular complexity index is 866. The van der Waals surface area contributed by atoms with Crippen molar-refractivity contribution in [2.75, 3.05) is 26.7 Å². The number of carbonyl (C=O) groups excluding carboxylic acids is 1. The molecule has 1 unspecified atom stereocenters. The highest BCUT2D eigenvalue weighted by Gasteiger charge is 2.16. The summed E-state index contributed by atoms with van der Waals surface area (Å²) < 4.78 is 18.8. The molecule has 1 aliphatic heterocycles. The zero-order valence-electron chi connectivity index (χ0n) is 17.3. The number of halogens is 1. The number of benzene rings is 2. The number of nitrogens with zero attached hydrogens (tertiary/aromatic N) is 1. The summed E-state index contributed by atoms with van der Waals surface area (Å²) >= 11 is 0. The molecule has 0 aliphatic carbocycles. The molecule has 1 heterocycles. The lowest BCUT2D eigenvalue weighted by Gasteiger charge is -2.13. The van der Waals surface area contributed by atoms with Gasteiger partial charge in [-0.25, -0.2) is 4.39 Å². The van der Waals surface area contributed by atoms with Crippen molar-refractivity contribution in [3.63, 3.8) is 0 Å². The fourth-order valence-corrected chi connectivity index (χ4v) is 3.36. The minimum Gasteiger partial charge on any atom is -0.376 e. The molecule has 2 aromatic carbocycles. The maximum Gasteiger partial charge on any atom is 0.251 e. The summed E-state index contributed by atoms with van der Waals surface area (Å²) in [5.41, 5.74) is 2.54. The number of hydrogen-bond acceptors (Lipinski definition) is 3. The Labute approximate surface area is 176 Å². The minimum atomic E-state index is -0.227. The van der Waals surface area contributed by atoms with Gasteiger partial charge in [0.15, 0.2) is 5.96 Å². The van der Waals surface area contributed by atoms with Gasteiger partial charge in [-0.2, -0.15) is 0 Å². The largest absolute Gasteiger partial charge is 0.376 e. The smallest absolute Gasteiger partial charge is 0.251 e. The number of ether oxygens (including phenoxy) is 1. The number of carbonyl (C=O) groups is 1. The van der Waals surface area contributed by atoms with Gasteiger partial charge in [-0.05, 0) is 54.7 Å². The highest BCUT2D eigenvalue weighted by molar-refractivity contribution is 5.94. The molecule has 30 heavy (non-hydrogen) atoms. The number of nitrogens with one attached hydrogen (secondary N) is 3. The molecule has 0 aromatic heterocycles. The zero-order chi connectivity index (χ0) is 21.2. The number of rotatable bonds is 8. The van der Waals surface area contributed by atoms with Crippen molar-refractivity contribution in [3.8, 4) is 0 Å². The Morgan fingerprint density at radius 3 is 2.73 bits per heavy atom. The third-order valence-corrected chi connectivity index (χ3v) is 4.98. The summed E-state index contributed by atoms with van der Waals surface area (Å²) in [5.74, 6) is 0.333. The summed E-state index contributed by atoms with van der Waals surface area (Å²) in [4.78, 5) is 16.6. The third kappa shape index (κ3) is 6.84. The second-order valence-electron chi connectivity index (χ2n) is 7.28. The molecule has 0 bridgehead atoms. The lowest BCUT2D eigenvalue weighted by molar-refractivity contribution is 0.0857. The van der Waals surface area contributed by atoms with Crippen LogP contribution in [0, 0.1) is 5.82 Å². The van der Waals surface area contributed by atoms with Crippen LogP contribution in [0.4, 0.5) is 4.39 Å². The molecular weight excluding hydrogens is 383 g/mol. The van der Waals surface area contributed by atoms with Gasteiger partial charge in [-0.1, -0.05) is 24.3 Å². The normalized spacial score (nSPS) is 16.3. The maximum absolute atomic E-state index is 13.3. The van der Waals surface area contributed by atoms with Crippen molar-refractivity contribution in [1.82, 2.24) is 16.0 Å². The Hall–Kier alpha value is -2.93. The highest BCUT2D eigenvalue weighted by atomic mass is 19.1. The lowest BCUT2D eigenvalue weighted by atomic mass is 10.1. The predicted octanol–water partition coefficient (Wildman–Crippen LogP) is 2.64. The van der Waals surface area contributed by atoms with Crippen LogP contribution < -0.4 is 16.0 Å². The van der Waals surface area contributed by atoms with Crippen molar-refractivity contribution in [2.24, 2.45) is 4.99 Å². The molecule has 0 spiro atoms. The van der Waals surface area contributed by atoms with Gasteiger partial charge >= 0.3 is 0 Å². The molecule has 3 rings (SSSR count). The van der Waals surface area contributed by atoms with Crippen LogP contribution in [0.1, 0.15) is 34.3 Å². The highest BCUT2D eigenvalue weighted by Crippen LogP contribution is 2.11. The van der Waals surface area contributed by atoms with Gasteiger partial charge in [-0.15, -0.1) is 0 Å². The second-order valence-corrected chi connectivity index (χ2v) is 7.28. The van der Waals surface area contributed by atoms with Crippen LogP contribution in [0.2, 0.25) is 0 Å². The average molecular weight is 413 g/mol. The van der Waals surface area contributed by atoms with Crippen LogP contribution in [0.25, 0.3) is 0 Å². The quantitative estimate of drug-likeness (QED) is 0.460. The SMILES string of the molecule is CN=C(NCCc1cccc(F)c1)NCc1cccc(C(=O)NCC2CCCO2)c1. The molecule has 0 saturated carbocycles. The van der Waals surface area contributed by atoms with E-state index in [1.54, 1.807) is 19.2 Å². The monoisotopic (exact) mass is 412 g/mol. The maximum atomic E-state index is 13.3. The molecule has 0 radical (unpaired) electrons. The zero-order valence-corrected chi connectivity index (χ0v) is 17.3. The summed E-state index contributed by atoms with van der Waals surface area (Å²) in [6, 6.07) is 14.1. The predicted molar refractivity (Wildman–Crippen MR) is 116 cm³/mol. The van der Waals surface area contributed by atoms with E-state index in [0.717, 1.165) is 30.6 Å². The van der Waals surface area contributed by atoms with Crippen molar-refractivity contribution in [1.29, 1.82) is 0 Å².